The first kappa shape index (κ1) is 19.1. The number of ether oxygens (including phenoxy) is 1. The van der Waals surface area contributed by atoms with Gasteiger partial charge < -0.3 is 16.2 Å². The molecule has 126 valence electrons. The van der Waals surface area contributed by atoms with E-state index >= 15 is 0 Å². The Bertz CT molecular complexity index is 704. The molecule has 0 saturated heterocycles. The molecule has 0 radical (unpaired) electrons. The lowest BCUT2D eigenvalue weighted by molar-refractivity contribution is 0.293. The van der Waals surface area contributed by atoms with Crippen LogP contribution in [0.5, 0.6) is 0 Å². The number of allylic oxidation sites excluding steroid dienone is 4. The van der Waals surface area contributed by atoms with Crippen LogP contribution in [0.15, 0.2) is 61.0 Å². The number of anilines is 1. The highest BCUT2D eigenvalue weighted by atomic mass is 16.5. The first-order chi connectivity index (χ1) is 11.4. The summed E-state index contributed by atoms with van der Waals surface area (Å²) in [7, 11) is 1.66. The minimum atomic E-state index is 0.00881. The highest BCUT2D eigenvalue weighted by molar-refractivity contribution is 5.67. The zero-order chi connectivity index (χ0) is 18.2. The monoisotopic (exact) mass is 323 g/mol. The number of nitrogens with two attached hydrogens (primary N) is 2. The second kappa shape index (κ2) is 8.64. The van der Waals surface area contributed by atoms with Gasteiger partial charge in [0.1, 0.15) is 0 Å². The van der Waals surface area contributed by atoms with Gasteiger partial charge in [-0.25, -0.2) is 0 Å². The normalized spacial score (nSPS) is 15.0. The smallest absolute Gasteiger partial charge is 0.0991 e. The molecular formula is C20H25N3O. The van der Waals surface area contributed by atoms with Crippen molar-refractivity contribution in [2.75, 3.05) is 12.8 Å². The Kier molecular flexibility index (Phi) is 6.88. The Labute approximate surface area is 144 Å². The van der Waals surface area contributed by atoms with Gasteiger partial charge in [0, 0.05) is 11.1 Å². The van der Waals surface area contributed by atoms with E-state index in [4.69, 9.17) is 15.7 Å². The van der Waals surface area contributed by atoms with Gasteiger partial charge in [-0.3, -0.25) is 0 Å². The Balaban J connectivity index is 0.000000891. The van der Waals surface area contributed by atoms with E-state index in [-0.39, 0.29) is 5.41 Å². The van der Waals surface area contributed by atoms with Crippen molar-refractivity contribution in [2.45, 2.75) is 19.8 Å². The molecule has 0 amide bonds. The SMILES string of the molecule is C=C(/C=C(/C)OC)C1(/C=C/c2cc(C#N)ccc2N)CC1.C=CN. The van der Waals surface area contributed by atoms with Crippen LogP contribution in [0, 0.1) is 16.7 Å². The predicted molar refractivity (Wildman–Crippen MR) is 101 cm³/mol. The van der Waals surface area contributed by atoms with Gasteiger partial charge in [0.15, 0.2) is 0 Å². The summed E-state index contributed by atoms with van der Waals surface area (Å²) in [6, 6.07) is 7.43. The standard InChI is InChI=1S/C18H20N2O.C2H5N/c1-13(10-14(2)21-3)18(8-9-18)7-6-16-11-15(12-19)4-5-17(16)20;1-2-3/h4-7,10-11H,1,8-9,20H2,2-3H3;2H,1,3H2/b7-6+,14-10-;. The van der Waals surface area contributed by atoms with Crippen LogP contribution in [-0.2, 0) is 4.74 Å². The highest BCUT2D eigenvalue weighted by Gasteiger charge is 2.41. The average Bonchev–Trinajstić information content (AvgIpc) is 3.36. The van der Waals surface area contributed by atoms with Crippen molar-refractivity contribution in [3.8, 4) is 6.07 Å². The fourth-order valence-corrected chi connectivity index (χ4v) is 2.22. The van der Waals surface area contributed by atoms with Crippen LogP contribution in [0.2, 0.25) is 0 Å². The molecule has 0 unspecified atom stereocenters. The molecule has 0 spiro atoms. The number of hydrogen-bond donors (Lipinski definition) is 2. The van der Waals surface area contributed by atoms with E-state index in [2.05, 4.69) is 31.0 Å². The van der Waals surface area contributed by atoms with Crippen molar-refractivity contribution >= 4 is 11.8 Å². The van der Waals surface area contributed by atoms with Crippen molar-refractivity contribution in [2.24, 2.45) is 11.1 Å². The summed E-state index contributed by atoms with van der Waals surface area (Å²) in [5.41, 5.74) is 13.8. The van der Waals surface area contributed by atoms with Gasteiger partial charge in [-0.2, -0.15) is 5.26 Å². The topological polar surface area (TPSA) is 85.1 Å². The summed E-state index contributed by atoms with van der Waals surface area (Å²) in [6.45, 7) is 9.21. The van der Waals surface area contributed by atoms with Crippen LogP contribution >= 0.6 is 0 Å². The largest absolute Gasteiger partial charge is 0.501 e. The summed E-state index contributed by atoms with van der Waals surface area (Å²) in [6.07, 6.45) is 9.51. The quantitative estimate of drug-likeness (QED) is 0.485. The van der Waals surface area contributed by atoms with Crippen molar-refractivity contribution in [1.82, 2.24) is 0 Å². The number of nitriles is 1. The molecule has 1 aromatic rings. The molecule has 1 saturated carbocycles. The number of benzene rings is 1. The molecule has 4 nitrogen and oxygen atoms in total. The predicted octanol–water partition coefficient (Wildman–Crippen LogP) is 4.13. The minimum Gasteiger partial charge on any atom is -0.501 e. The molecule has 1 aliphatic carbocycles. The van der Waals surface area contributed by atoms with Crippen molar-refractivity contribution in [1.29, 1.82) is 5.26 Å². The summed E-state index contributed by atoms with van der Waals surface area (Å²) in [5.74, 6) is 0.852. The average molecular weight is 323 g/mol. The first-order valence-corrected chi connectivity index (χ1v) is 7.65. The molecule has 24 heavy (non-hydrogen) atoms. The molecule has 1 aromatic carbocycles. The first-order valence-electron chi connectivity index (χ1n) is 7.65. The van der Waals surface area contributed by atoms with Gasteiger partial charge in [-0.15, -0.1) is 0 Å². The number of nitrogen functional groups attached to an aromatic ring is 1. The van der Waals surface area contributed by atoms with Crippen molar-refractivity contribution in [3.05, 3.63) is 72.2 Å². The molecule has 0 heterocycles. The van der Waals surface area contributed by atoms with Gasteiger partial charge in [0.2, 0.25) is 0 Å². The number of hydrogen-bond acceptors (Lipinski definition) is 4. The fraction of sp³-hybridized carbons (Fsp3) is 0.250. The lowest BCUT2D eigenvalue weighted by Gasteiger charge is -2.12. The van der Waals surface area contributed by atoms with E-state index in [1.54, 1.807) is 25.3 Å². The van der Waals surface area contributed by atoms with Gasteiger partial charge in [-0.1, -0.05) is 25.3 Å². The molecule has 1 aliphatic rings. The van der Waals surface area contributed by atoms with Crippen LogP contribution in [-0.4, -0.2) is 7.11 Å². The molecule has 0 bridgehead atoms. The summed E-state index contributed by atoms with van der Waals surface area (Å²) < 4.78 is 5.18. The van der Waals surface area contributed by atoms with Gasteiger partial charge in [0.05, 0.1) is 24.5 Å². The molecule has 4 heteroatoms. The second-order valence-electron chi connectivity index (χ2n) is 5.67. The van der Waals surface area contributed by atoms with Crippen LogP contribution in [0.1, 0.15) is 30.9 Å². The van der Waals surface area contributed by atoms with Crippen molar-refractivity contribution in [3.63, 3.8) is 0 Å². The molecule has 4 N–H and O–H groups in total. The lowest BCUT2D eigenvalue weighted by Crippen LogP contribution is -1.99. The van der Waals surface area contributed by atoms with E-state index in [0.29, 0.717) is 11.3 Å². The summed E-state index contributed by atoms with van der Waals surface area (Å²) in [5, 5.41) is 8.96. The van der Waals surface area contributed by atoms with Crippen LogP contribution in [0.4, 0.5) is 5.69 Å². The van der Waals surface area contributed by atoms with E-state index < -0.39 is 0 Å². The zero-order valence-electron chi connectivity index (χ0n) is 14.4. The second-order valence-corrected chi connectivity index (χ2v) is 5.67. The molecular weight excluding hydrogens is 298 g/mol. The third-order valence-corrected chi connectivity index (χ3v) is 3.93. The molecule has 0 atom stereocenters. The third kappa shape index (κ3) is 5.06. The van der Waals surface area contributed by atoms with Gasteiger partial charge >= 0.3 is 0 Å². The maximum absolute atomic E-state index is 8.96. The third-order valence-electron chi connectivity index (χ3n) is 3.93. The van der Waals surface area contributed by atoms with Crippen LogP contribution < -0.4 is 11.5 Å². The Hall–Kier alpha value is -2.93. The zero-order valence-corrected chi connectivity index (χ0v) is 14.4. The van der Waals surface area contributed by atoms with Crippen LogP contribution in [0.3, 0.4) is 0 Å². The summed E-state index contributed by atoms with van der Waals surface area (Å²) >= 11 is 0. The van der Waals surface area contributed by atoms with Crippen molar-refractivity contribution < 1.29 is 4.74 Å². The van der Waals surface area contributed by atoms with E-state index in [9.17, 15) is 0 Å². The maximum atomic E-state index is 8.96. The van der Waals surface area contributed by atoms with E-state index in [1.165, 1.54) is 6.20 Å². The minimum absolute atomic E-state index is 0.00881. The number of nitrogens with zero attached hydrogens (tertiary/aromatic N) is 1. The van der Waals surface area contributed by atoms with Crippen LogP contribution in [0.25, 0.3) is 6.08 Å². The molecule has 2 rings (SSSR count). The van der Waals surface area contributed by atoms with Gasteiger partial charge in [-0.05, 0) is 61.4 Å². The Morgan fingerprint density at radius 3 is 2.54 bits per heavy atom. The Morgan fingerprint density at radius 2 is 2.04 bits per heavy atom. The Morgan fingerprint density at radius 1 is 1.42 bits per heavy atom. The number of methoxy groups -OCH3 is 1. The highest BCUT2D eigenvalue weighted by Crippen LogP contribution is 2.53. The lowest BCUT2D eigenvalue weighted by atomic mass is 9.94. The summed E-state index contributed by atoms with van der Waals surface area (Å²) in [4.78, 5) is 0. The van der Waals surface area contributed by atoms with E-state index in [1.807, 2.05) is 19.1 Å². The maximum Gasteiger partial charge on any atom is 0.0991 e. The molecule has 0 aliphatic heterocycles. The fourth-order valence-electron chi connectivity index (χ4n) is 2.22. The molecule has 0 aromatic heterocycles. The van der Waals surface area contributed by atoms with Gasteiger partial charge in [0.25, 0.3) is 0 Å². The molecule has 1 fully saturated rings. The van der Waals surface area contributed by atoms with E-state index in [0.717, 1.165) is 29.7 Å². The number of rotatable bonds is 5.